The van der Waals surface area contributed by atoms with Gasteiger partial charge >= 0.3 is 0 Å². The van der Waals surface area contributed by atoms with Crippen LogP contribution in [0.3, 0.4) is 0 Å². The first-order valence-electron chi connectivity index (χ1n) is 6.00. The quantitative estimate of drug-likeness (QED) is 0.922. The zero-order chi connectivity index (χ0) is 13.2. The number of rotatable bonds is 4. The van der Waals surface area contributed by atoms with Crippen molar-refractivity contribution in [3.63, 3.8) is 0 Å². The number of benzene rings is 1. The molecular weight excluding hydrogens is 246 g/mol. The molecule has 2 N–H and O–H groups in total. The predicted octanol–water partition coefficient (Wildman–Crippen LogP) is 2.88. The molecule has 18 heavy (non-hydrogen) atoms. The minimum absolute atomic E-state index is 0.347. The van der Waals surface area contributed by atoms with E-state index in [1.807, 2.05) is 55.3 Å². The highest BCUT2D eigenvalue weighted by Crippen LogP contribution is 2.24. The number of nitrogens with two attached hydrogens (primary N) is 1. The third-order valence-corrected chi connectivity index (χ3v) is 3.45. The van der Waals surface area contributed by atoms with E-state index < -0.39 is 0 Å². The van der Waals surface area contributed by atoms with Crippen molar-refractivity contribution in [2.75, 3.05) is 0 Å². The minimum Gasteiger partial charge on any atom is -0.322 e. The first-order chi connectivity index (χ1) is 8.47. The summed E-state index contributed by atoms with van der Waals surface area (Å²) in [7, 11) is 1.92. The summed E-state index contributed by atoms with van der Waals surface area (Å²) in [6, 6.07) is 7.75. The van der Waals surface area contributed by atoms with Crippen molar-refractivity contribution in [2.45, 2.75) is 25.3 Å². The molecule has 1 heterocycles. The Labute approximate surface area is 113 Å². The fraction of sp³-hybridized carbons (Fsp3) is 0.357. The summed E-state index contributed by atoms with van der Waals surface area (Å²) in [6.45, 7) is 2.05. The van der Waals surface area contributed by atoms with Gasteiger partial charge in [0.1, 0.15) is 0 Å². The molecule has 0 aliphatic carbocycles. The van der Waals surface area contributed by atoms with Crippen LogP contribution in [0, 0.1) is 0 Å². The molecule has 0 aliphatic rings. The second kappa shape index (κ2) is 5.12. The average molecular weight is 264 g/mol. The molecule has 0 amide bonds. The first-order valence-corrected chi connectivity index (χ1v) is 6.38. The zero-order valence-electron chi connectivity index (χ0n) is 10.7. The van der Waals surface area contributed by atoms with E-state index in [-0.39, 0.29) is 5.54 Å². The Morgan fingerprint density at radius 1 is 1.33 bits per heavy atom. The van der Waals surface area contributed by atoms with Crippen LogP contribution in [0.25, 0.3) is 0 Å². The van der Waals surface area contributed by atoms with Gasteiger partial charge in [-0.15, -0.1) is 0 Å². The number of hydrogen-bond donors (Lipinski definition) is 1. The van der Waals surface area contributed by atoms with Gasteiger partial charge in [-0.05, 0) is 43.0 Å². The lowest BCUT2D eigenvalue weighted by atomic mass is 9.87. The van der Waals surface area contributed by atoms with Crippen LogP contribution in [-0.4, -0.2) is 9.78 Å². The van der Waals surface area contributed by atoms with Crippen LogP contribution >= 0.6 is 11.6 Å². The lowest BCUT2D eigenvalue weighted by Crippen LogP contribution is -2.33. The highest BCUT2D eigenvalue weighted by atomic mass is 35.5. The number of nitrogens with zero attached hydrogens (tertiary/aromatic N) is 2. The third-order valence-electron chi connectivity index (χ3n) is 3.20. The van der Waals surface area contributed by atoms with Gasteiger partial charge in [0.2, 0.25) is 0 Å². The Bertz CT molecular complexity index is 514. The number of hydrogen-bond acceptors (Lipinski definition) is 2. The molecule has 0 fully saturated rings. The monoisotopic (exact) mass is 263 g/mol. The summed E-state index contributed by atoms with van der Waals surface area (Å²) in [4.78, 5) is 0. The maximum atomic E-state index is 6.37. The molecule has 0 bridgehead atoms. The van der Waals surface area contributed by atoms with Crippen molar-refractivity contribution in [3.05, 3.63) is 52.8 Å². The predicted molar refractivity (Wildman–Crippen MR) is 74.5 cm³/mol. The van der Waals surface area contributed by atoms with Gasteiger partial charge in [-0.1, -0.05) is 23.7 Å². The molecule has 0 saturated heterocycles. The molecule has 1 aromatic carbocycles. The summed E-state index contributed by atoms with van der Waals surface area (Å²) < 4.78 is 1.81. The van der Waals surface area contributed by atoms with Crippen molar-refractivity contribution in [1.82, 2.24) is 9.78 Å². The van der Waals surface area contributed by atoms with Gasteiger partial charge in [-0.2, -0.15) is 5.10 Å². The van der Waals surface area contributed by atoms with Gasteiger partial charge in [0, 0.05) is 23.8 Å². The van der Waals surface area contributed by atoms with E-state index in [1.54, 1.807) is 0 Å². The molecule has 0 aliphatic heterocycles. The highest BCUT2D eigenvalue weighted by Gasteiger charge is 2.20. The molecule has 1 unspecified atom stereocenters. The van der Waals surface area contributed by atoms with Gasteiger partial charge in [-0.3, -0.25) is 4.68 Å². The second-order valence-electron chi connectivity index (χ2n) is 4.95. The first kappa shape index (κ1) is 13.1. The Kier molecular flexibility index (Phi) is 3.73. The van der Waals surface area contributed by atoms with Crippen LogP contribution in [-0.2, 0) is 19.0 Å². The lowest BCUT2D eigenvalue weighted by molar-refractivity contribution is 0.453. The standard InChI is InChI=1S/C14H18ClN3/c1-14(16,12-3-5-13(15)6-4-12)8-7-11-9-17-18(2)10-11/h3-6,9-10H,7-8,16H2,1-2H3. The number of aryl methyl sites for hydroxylation is 2. The number of aromatic nitrogens is 2. The molecule has 0 radical (unpaired) electrons. The molecule has 2 rings (SSSR count). The minimum atomic E-state index is -0.347. The van der Waals surface area contributed by atoms with Crippen LogP contribution in [0.2, 0.25) is 5.02 Å². The molecule has 0 spiro atoms. The van der Waals surface area contributed by atoms with E-state index >= 15 is 0 Å². The fourth-order valence-corrected chi connectivity index (χ4v) is 2.11. The van der Waals surface area contributed by atoms with Crippen LogP contribution < -0.4 is 5.73 Å². The van der Waals surface area contributed by atoms with Gasteiger partial charge in [0.15, 0.2) is 0 Å². The third kappa shape index (κ3) is 3.12. The van der Waals surface area contributed by atoms with E-state index in [4.69, 9.17) is 17.3 Å². The van der Waals surface area contributed by atoms with Gasteiger partial charge < -0.3 is 5.73 Å². The van der Waals surface area contributed by atoms with Gasteiger partial charge in [0.05, 0.1) is 6.20 Å². The van der Waals surface area contributed by atoms with Crippen LogP contribution in [0.4, 0.5) is 0 Å². The highest BCUT2D eigenvalue weighted by molar-refractivity contribution is 6.30. The lowest BCUT2D eigenvalue weighted by Gasteiger charge is -2.25. The molecular formula is C14H18ClN3. The molecule has 4 heteroatoms. The van der Waals surface area contributed by atoms with Crippen molar-refractivity contribution in [3.8, 4) is 0 Å². The normalized spacial score (nSPS) is 14.4. The van der Waals surface area contributed by atoms with Gasteiger partial charge in [0.25, 0.3) is 0 Å². The molecule has 0 saturated carbocycles. The second-order valence-corrected chi connectivity index (χ2v) is 5.38. The van der Waals surface area contributed by atoms with Crippen molar-refractivity contribution < 1.29 is 0 Å². The summed E-state index contributed by atoms with van der Waals surface area (Å²) in [5, 5.41) is 4.90. The summed E-state index contributed by atoms with van der Waals surface area (Å²) >= 11 is 5.89. The van der Waals surface area contributed by atoms with Crippen molar-refractivity contribution >= 4 is 11.6 Å². The van der Waals surface area contributed by atoms with Crippen LogP contribution in [0.15, 0.2) is 36.7 Å². The Morgan fingerprint density at radius 3 is 2.56 bits per heavy atom. The topological polar surface area (TPSA) is 43.8 Å². The van der Waals surface area contributed by atoms with E-state index in [0.29, 0.717) is 0 Å². The summed E-state index contributed by atoms with van der Waals surface area (Å²) in [5.74, 6) is 0. The molecule has 1 atom stereocenters. The van der Waals surface area contributed by atoms with E-state index in [0.717, 1.165) is 23.4 Å². The maximum absolute atomic E-state index is 6.37. The van der Waals surface area contributed by atoms with E-state index in [2.05, 4.69) is 5.10 Å². The maximum Gasteiger partial charge on any atom is 0.0521 e. The van der Waals surface area contributed by atoms with E-state index in [1.165, 1.54) is 5.56 Å². The Hall–Kier alpha value is -1.32. The van der Waals surface area contributed by atoms with Crippen molar-refractivity contribution in [2.24, 2.45) is 12.8 Å². The smallest absolute Gasteiger partial charge is 0.0521 e. The summed E-state index contributed by atoms with van der Waals surface area (Å²) in [5.41, 5.74) is 8.34. The molecule has 2 aromatic rings. The van der Waals surface area contributed by atoms with Crippen molar-refractivity contribution in [1.29, 1.82) is 0 Å². The average Bonchev–Trinajstić information content (AvgIpc) is 2.73. The van der Waals surface area contributed by atoms with Crippen LogP contribution in [0.5, 0.6) is 0 Å². The molecule has 3 nitrogen and oxygen atoms in total. The zero-order valence-corrected chi connectivity index (χ0v) is 11.5. The van der Waals surface area contributed by atoms with Crippen LogP contribution in [0.1, 0.15) is 24.5 Å². The number of halogens is 1. The SMILES string of the molecule is Cn1cc(CCC(C)(N)c2ccc(Cl)cc2)cn1. The molecule has 96 valence electrons. The fourth-order valence-electron chi connectivity index (χ4n) is 1.98. The Morgan fingerprint density at radius 2 is 2.00 bits per heavy atom. The Balaban J connectivity index is 2.04. The van der Waals surface area contributed by atoms with Gasteiger partial charge in [-0.25, -0.2) is 0 Å². The largest absolute Gasteiger partial charge is 0.322 e. The van der Waals surface area contributed by atoms with E-state index in [9.17, 15) is 0 Å². The summed E-state index contributed by atoms with van der Waals surface area (Å²) in [6.07, 6.45) is 5.71. The molecule has 1 aromatic heterocycles.